The van der Waals surface area contributed by atoms with Gasteiger partial charge < -0.3 is 14.8 Å². The van der Waals surface area contributed by atoms with Crippen molar-refractivity contribution in [1.82, 2.24) is 10.3 Å². The zero-order valence-corrected chi connectivity index (χ0v) is 15.7. The molecule has 0 unspecified atom stereocenters. The standard InChI is InChI=1S/C18H20Cl2N2O3/c1-3-7-25-17-14(19)8-13(9-15(17)24-4-2)18(23)22-11-12-5-6-16(20)21-10-12/h5-6,8-10H,3-4,7,11H2,1-2H3,(H,22,23). The van der Waals surface area contributed by atoms with Gasteiger partial charge >= 0.3 is 0 Å². The number of nitrogens with zero attached hydrogens (tertiary/aromatic N) is 1. The predicted octanol–water partition coefficient (Wildman–Crippen LogP) is 4.51. The number of hydrogen-bond acceptors (Lipinski definition) is 4. The van der Waals surface area contributed by atoms with Crippen molar-refractivity contribution < 1.29 is 14.3 Å². The molecule has 1 heterocycles. The van der Waals surface area contributed by atoms with E-state index in [9.17, 15) is 4.79 Å². The van der Waals surface area contributed by atoms with Crippen molar-refractivity contribution in [1.29, 1.82) is 0 Å². The number of carbonyl (C=O) groups is 1. The molecule has 7 heteroatoms. The SMILES string of the molecule is CCCOc1c(Cl)cc(C(=O)NCc2ccc(Cl)nc2)cc1OCC. The van der Waals surface area contributed by atoms with Crippen molar-refractivity contribution in [3.63, 3.8) is 0 Å². The van der Waals surface area contributed by atoms with Gasteiger partial charge in [0.1, 0.15) is 5.15 Å². The van der Waals surface area contributed by atoms with Crippen molar-refractivity contribution in [2.45, 2.75) is 26.8 Å². The first-order valence-electron chi connectivity index (χ1n) is 8.02. The van der Waals surface area contributed by atoms with Crippen molar-refractivity contribution in [3.05, 3.63) is 51.8 Å². The van der Waals surface area contributed by atoms with Crippen LogP contribution >= 0.6 is 23.2 Å². The molecule has 0 bridgehead atoms. The number of pyridine rings is 1. The van der Waals surface area contributed by atoms with E-state index in [4.69, 9.17) is 32.7 Å². The maximum absolute atomic E-state index is 12.4. The molecular formula is C18H20Cl2N2O3. The number of rotatable bonds is 8. The molecular weight excluding hydrogens is 363 g/mol. The van der Waals surface area contributed by atoms with Gasteiger partial charge in [-0.2, -0.15) is 0 Å². The maximum Gasteiger partial charge on any atom is 0.251 e. The Morgan fingerprint density at radius 3 is 2.64 bits per heavy atom. The second-order valence-electron chi connectivity index (χ2n) is 5.24. The molecule has 1 aromatic heterocycles. The van der Waals surface area contributed by atoms with E-state index in [0.717, 1.165) is 12.0 Å². The van der Waals surface area contributed by atoms with Crippen LogP contribution in [-0.2, 0) is 6.54 Å². The van der Waals surface area contributed by atoms with Crippen molar-refractivity contribution in [2.75, 3.05) is 13.2 Å². The molecule has 2 rings (SSSR count). The molecule has 25 heavy (non-hydrogen) atoms. The van der Waals surface area contributed by atoms with Crippen LogP contribution in [0.4, 0.5) is 0 Å². The van der Waals surface area contributed by atoms with Crippen LogP contribution in [0.15, 0.2) is 30.5 Å². The first-order valence-corrected chi connectivity index (χ1v) is 8.78. The van der Waals surface area contributed by atoms with Crippen LogP contribution in [0.5, 0.6) is 11.5 Å². The van der Waals surface area contributed by atoms with Gasteiger partial charge in [-0.15, -0.1) is 0 Å². The molecule has 1 aromatic carbocycles. The Morgan fingerprint density at radius 2 is 2.00 bits per heavy atom. The third-order valence-electron chi connectivity index (χ3n) is 3.26. The highest BCUT2D eigenvalue weighted by molar-refractivity contribution is 6.32. The predicted molar refractivity (Wildman–Crippen MR) is 98.8 cm³/mol. The Bertz CT molecular complexity index is 721. The van der Waals surface area contributed by atoms with Crippen LogP contribution in [0.3, 0.4) is 0 Å². The highest BCUT2D eigenvalue weighted by atomic mass is 35.5. The van der Waals surface area contributed by atoms with Crippen molar-refractivity contribution >= 4 is 29.1 Å². The second-order valence-corrected chi connectivity index (χ2v) is 6.03. The van der Waals surface area contributed by atoms with Crippen molar-refractivity contribution in [2.24, 2.45) is 0 Å². The molecule has 0 radical (unpaired) electrons. The Morgan fingerprint density at radius 1 is 1.20 bits per heavy atom. The molecule has 1 amide bonds. The molecule has 2 aromatic rings. The third kappa shape index (κ3) is 5.51. The van der Waals surface area contributed by atoms with E-state index in [1.807, 2.05) is 13.8 Å². The summed E-state index contributed by atoms with van der Waals surface area (Å²) < 4.78 is 11.2. The Balaban J connectivity index is 2.13. The van der Waals surface area contributed by atoms with Gasteiger partial charge in [-0.25, -0.2) is 4.98 Å². The lowest BCUT2D eigenvalue weighted by Crippen LogP contribution is -2.23. The molecule has 0 spiro atoms. The van der Waals surface area contributed by atoms with E-state index in [-0.39, 0.29) is 5.91 Å². The van der Waals surface area contributed by atoms with Crippen LogP contribution in [0.2, 0.25) is 10.2 Å². The van der Waals surface area contributed by atoms with Gasteiger partial charge in [0.2, 0.25) is 0 Å². The van der Waals surface area contributed by atoms with E-state index < -0.39 is 0 Å². The van der Waals surface area contributed by atoms with Gasteiger partial charge in [0.05, 0.1) is 18.2 Å². The van der Waals surface area contributed by atoms with Gasteiger partial charge in [0.15, 0.2) is 11.5 Å². The van der Waals surface area contributed by atoms with Gasteiger partial charge in [-0.1, -0.05) is 36.2 Å². The first-order chi connectivity index (χ1) is 12.0. The summed E-state index contributed by atoms with van der Waals surface area (Å²) in [6.07, 6.45) is 2.46. The minimum Gasteiger partial charge on any atom is -0.490 e. The van der Waals surface area contributed by atoms with E-state index in [2.05, 4.69) is 10.3 Å². The topological polar surface area (TPSA) is 60.5 Å². The van der Waals surface area contributed by atoms with Crippen molar-refractivity contribution in [3.8, 4) is 11.5 Å². The summed E-state index contributed by atoms with van der Waals surface area (Å²) >= 11 is 12.0. The molecule has 0 saturated carbocycles. The van der Waals surface area contributed by atoms with Crippen LogP contribution in [-0.4, -0.2) is 24.1 Å². The van der Waals surface area contributed by atoms with Crippen LogP contribution in [0, 0.1) is 0 Å². The van der Waals surface area contributed by atoms with Crippen LogP contribution in [0.1, 0.15) is 36.2 Å². The molecule has 0 aliphatic rings. The lowest BCUT2D eigenvalue weighted by atomic mass is 10.1. The average Bonchev–Trinajstić information content (AvgIpc) is 2.60. The smallest absolute Gasteiger partial charge is 0.251 e. The number of carbonyl (C=O) groups excluding carboxylic acids is 1. The molecule has 0 aliphatic carbocycles. The van der Waals surface area contributed by atoms with E-state index in [0.29, 0.717) is 47.0 Å². The van der Waals surface area contributed by atoms with Gasteiger partial charge in [0, 0.05) is 18.3 Å². The Kier molecular flexibility index (Phi) is 7.34. The van der Waals surface area contributed by atoms with Gasteiger partial charge in [-0.3, -0.25) is 4.79 Å². The number of ether oxygens (including phenoxy) is 2. The average molecular weight is 383 g/mol. The van der Waals surface area contributed by atoms with Gasteiger partial charge in [0.25, 0.3) is 5.91 Å². The monoisotopic (exact) mass is 382 g/mol. The minimum atomic E-state index is -0.264. The molecule has 0 aliphatic heterocycles. The lowest BCUT2D eigenvalue weighted by molar-refractivity contribution is 0.0950. The largest absolute Gasteiger partial charge is 0.490 e. The number of amides is 1. The maximum atomic E-state index is 12.4. The zero-order chi connectivity index (χ0) is 18.2. The third-order valence-corrected chi connectivity index (χ3v) is 3.77. The first kappa shape index (κ1) is 19.3. The van der Waals surface area contributed by atoms with E-state index in [1.54, 1.807) is 30.5 Å². The number of halogens is 2. The molecule has 1 N–H and O–H groups in total. The summed E-state index contributed by atoms with van der Waals surface area (Å²) in [6, 6.07) is 6.68. The molecule has 0 fully saturated rings. The summed E-state index contributed by atoms with van der Waals surface area (Å²) in [7, 11) is 0. The highest BCUT2D eigenvalue weighted by Crippen LogP contribution is 2.36. The fourth-order valence-corrected chi connectivity index (χ4v) is 2.48. The second kappa shape index (κ2) is 9.49. The van der Waals surface area contributed by atoms with E-state index >= 15 is 0 Å². The summed E-state index contributed by atoms with van der Waals surface area (Å²) in [6.45, 7) is 5.16. The normalized spacial score (nSPS) is 10.4. The number of nitrogens with one attached hydrogen (secondary N) is 1. The number of benzene rings is 1. The fourth-order valence-electron chi connectivity index (χ4n) is 2.10. The number of hydrogen-bond donors (Lipinski definition) is 1. The van der Waals surface area contributed by atoms with E-state index in [1.165, 1.54) is 0 Å². The molecule has 134 valence electrons. The summed E-state index contributed by atoms with van der Waals surface area (Å²) in [5, 5.41) is 3.57. The summed E-state index contributed by atoms with van der Waals surface area (Å²) in [5.74, 6) is 0.658. The Hall–Kier alpha value is -1.98. The summed E-state index contributed by atoms with van der Waals surface area (Å²) in [4.78, 5) is 16.4. The molecule has 5 nitrogen and oxygen atoms in total. The quantitative estimate of drug-likeness (QED) is 0.682. The molecule has 0 saturated heterocycles. The minimum absolute atomic E-state index is 0.264. The van der Waals surface area contributed by atoms with Crippen LogP contribution in [0.25, 0.3) is 0 Å². The summed E-state index contributed by atoms with van der Waals surface area (Å²) in [5.41, 5.74) is 1.25. The molecule has 0 atom stereocenters. The lowest BCUT2D eigenvalue weighted by Gasteiger charge is -2.15. The van der Waals surface area contributed by atoms with Gasteiger partial charge in [-0.05, 0) is 37.1 Å². The zero-order valence-electron chi connectivity index (χ0n) is 14.1. The van der Waals surface area contributed by atoms with Crippen LogP contribution < -0.4 is 14.8 Å². The Labute approximate surface area is 157 Å². The fraction of sp³-hybridized carbons (Fsp3) is 0.333. The number of aromatic nitrogens is 1. The highest BCUT2D eigenvalue weighted by Gasteiger charge is 2.16.